The van der Waals surface area contributed by atoms with E-state index < -0.39 is 0 Å². The highest BCUT2D eigenvalue weighted by Gasteiger charge is 2.26. The van der Waals surface area contributed by atoms with Gasteiger partial charge in [0.05, 0.1) is 11.6 Å². The molecular formula is C29H36ClN5O2. The largest absolute Gasteiger partial charge is 0.352 e. The molecule has 37 heavy (non-hydrogen) atoms. The van der Waals surface area contributed by atoms with Crippen LogP contribution in [0.3, 0.4) is 0 Å². The van der Waals surface area contributed by atoms with E-state index in [4.69, 9.17) is 16.1 Å². The summed E-state index contributed by atoms with van der Waals surface area (Å²) >= 11 is 6.25. The molecule has 196 valence electrons. The minimum atomic E-state index is 0.0398. The second kappa shape index (κ2) is 12.2. The molecule has 1 unspecified atom stereocenters. The number of amides is 1. The molecule has 2 aliphatic heterocycles. The Labute approximate surface area is 224 Å². The van der Waals surface area contributed by atoms with E-state index in [0.29, 0.717) is 29.8 Å². The minimum Gasteiger partial charge on any atom is -0.352 e. The Morgan fingerprint density at radius 3 is 2.51 bits per heavy atom. The number of halogens is 1. The van der Waals surface area contributed by atoms with Gasteiger partial charge in [-0.25, -0.2) is 0 Å². The smallest absolute Gasteiger partial charge is 0.241 e. The van der Waals surface area contributed by atoms with Crippen molar-refractivity contribution in [3.63, 3.8) is 0 Å². The van der Waals surface area contributed by atoms with Crippen LogP contribution in [0.2, 0.25) is 5.02 Å². The Kier molecular flexibility index (Phi) is 8.54. The summed E-state index contributed by atoms with van der Waals surface area (Å²) < 4.78 is 5.45. The quantitative estimate of drug-likeness (QED) is 0.442. The van der Waals surface area contributed by atoms with Gasteiger partial charge >= 0.3 is 0 Å². The average molecular weight is 522 g/mol. The molecule has 2 aromatic carbocycles. The van der Waals surface area contributed by atoms with Crippen molar-refractivity contribution in [2.75, 3.05) is 26.2 Å². The summed E-state index contributed by atoms with van der Waals surface area (Å²) in [6, 6.07) is 16.2. The van der Waals surface area contributed by atoms with Crippen LogP contribution in [0.1, 0.15) is 49.6 Å². The molecule has 2 aliphatic rings. The minimum absolute atomic E-state index is 0.0398. The Morgan fingerprint density at radius 1 is 1.00 bits per heavy atom. The van der Waals surface area contributed by atoms with Gasteiger partial charge in [0, 0.05) is 31.1 Å². The number of benzene rings is 2. The second-order valence-corrected chi connectivity index (χ2v) is 11.0. The molecule has 7 nitrogen and oxygen atoms in total. The van der Waals surface area contributed by atoms with Crippen LogP contribution in [0.5, 0.6) is 0 Å². The Balaban J connectivity index is 1.04. The third-order valence-electron chi connectivity index (χ3n) is 7.54. The van der Waals surface area contributed by atoms with E-state index in [-0.39, 0.29) is 11.8 Å². The van der Waals surface area contributed by atoms with Crippen LogP contribution in [0, 0.1) is 11.8 Å². The van der Waals surface area contributed by atoms with E-state index in [2.05, 4.69) is 56.4 Å². The number of aromatic nitrogens is 2. The predicted molar refractivity (Wildman–Crippen MR) is 145 cm³/mol. The third-order valence-corrected chi connectivity index (χ3v) is 7.87. The van der Waals surface area contributed by atoms with E-state index in [1.54, 1.807) is 0 Å². The number of nitrogens with zero attached hydrogens (tertiary/aromatic N) is 4. The summed E-state index contributed by atoms with van der Waals surface area (Å²) in [5.74, 6) is 2.05. The first-order valence-electron chi connectivity index (χ1n) is 13.4. The predicted octanol–water partition coefficient (Wildman–Crippen LogP) is 5.15. The molecule has 3 heterocycles. The maximum atomic E-state index is 12.8. The van der Waals surface area contributed by atoms with Crippen molar-refractivity contribution in [1.29, 1.82) is 0 Å². The van der Waals surface area contributed by atoms with E-state index in [9.17, 15) is 4.79 Å². The highest BCUT2D eigenvalue weighted by Crippen LogP contribution is 2.26. The van der Waals surface area contributed by atoms with Gasteiger partial charge in [-0.2, -0.15) is 4.98 Å². The summed E-state index contributed by atoms with van der Waals surface area (Å²) in [5.41, 5.74) is 3.25. The Bertz CT molecular complexity index is 1170. The zero-order valence-electron chi connectivity index (χ0n) is 21.5. The van der Waals surface area contributed by atoms with Gasteiger partial charge in [0.2, 0.25) is 17.6 Å². The lowest BCUT2D eigenvalue weighted by Crippen LogP contribution is -2.40. The SMILES string of the molecule is CC1CCCN(Cc2ccc(CNC(=O)C3CCN(Cc4nc(-c5ccccc5Cl)no4)CC3)cc2)C1. The van der Waals surface area contributed by atoms with E-state index in [0.717, 1.165) is 49.5 Å². The summed E-state index contributed by atoms with van der Waals surface area (Å²) in [4.78, 5) is 22.1. The third kappa shape index (κ3) is 6.98. The average Bonchev–Trinajstić information content (AvgIpc) is 3.37. The summed E-state index contributed by atoms with van der Waals surface area (Å²) in [6.07, 6.45) is 4.29. The molecule has 1 atom stereocenters. The van der Waals surface area contributed by atoms with Crippen molar-refractivity contribution in [2.45, 2.75) is 52.2 Å². The van der Waals surface area contributed by atoms with Gasteiger partial charge in [-0.15, -0.1) is 0 Å². The number of rotatable bonds is 8. The molecule has 0 radical (unpaired) electrons. The highest BCUT2D eigenvalue weighted by molar-refractivity contribution is 6.33. The van der Waals surface area contributed by atoms with Gasteiger partial charge in [-0.05, 0) is 74.5 Å². The number of carbonyl (C=O) groups is 1. The van der Waals surface area contributed by atoms with Gasteiger partial charge < -0.3 is 9.84 Å². The van der Waals surface area contributed by atoms with Crippen LogP contribution in [0.4, 0.5) is 0 Å². The molecule has 0 spiro atoms. The molecule has 0 aliphatic carbocycles. The maximum Gasteiger partial charge on any atom is 0.241 e. The first-order valence-corrected chi connectivity index (χ1v) is 13.8. The fourth-order valence-electron chi connectivity index (χ4n) is 5.40. The molecule has 2 saturated heterocycles. The van der Waals surface area contributed by atoms with E-state index in [1.165, 1.54) is 31.5 Å². The number of piperidine rings is 2. The number of hydrogen-bond donors (Lipinski definition) is 1. The van der Waals surface area contributed by atoms with Crippen molar-refractivity contribution in [2.24, 2.45) is 11.8 Å². The van der Waals surface area contributed by atoms with Gasteiger partial charge in [-0.1, -0.05) is 60.1 Å². The highest BCUT2D eigenvalue weighted by atomic mass is 35.5. The number of likely N-dealkylation sites (tertiary alicyclic amines) is 2. The molecule has 5 rings (SSSR count). The van der Waals surface area contributed by atoms with Crippen LogP contribution in [0.15, 0.2) is 53.1 Å². The number of nitrogens with one attached hydrogen (secondary N) is 1. The molecular weight excluding hydrogens is 486 g/mol. The number of hydrogen-bond acceptors (Lipinski definition) is 6. The van der Waals surface area contributed by atoms with Gasteiger partial charge in [0.25, 0.3) is 0 Å². The zero-order chi connectivity index (χ0) is 25.6. The van der Waals surface area contributed by atoms with E-state index >= 15 is 0 Å². The van der Waals surface area contributed by atoms with Gasteiger partial charge in [0.15, 0.2) is 0 Å². The second-order valence-electron chi connectivity index (χ2n) is 10.6. The van der Waals surface area contributed by atoms with Crippen molar-refractivity contribution >= 4 is 17.5 Å². The van der Waals surface area contributed by atoms with Crippen LogP contribution < -0.4 is 5.32 Å². The first kappa shape index (κ1) is 25.9. The van der Waals surface area contributed by atoms with Gasteiger partial charge in [-0.3, -0.25) is 14.6 Å². The molecule has 3 aromatic rings. The maximum absolute atomic E-state index is 12.8. The molecule has 1 aromatic heterocycles. The standard InChI is InChI=1S/C29H36ClN5O2/c1-21-5-4-14-35(18-21)19-23-10-8-22(9-11-23)17-31-29(36)24-12-15-34(16-13-24)20-27-32-28(33-37-27)25-6-2-3-7-26(25)30/h2-3,6-11,21,24H,4-5,12-20H2,1H3,(H,31,36). The van der Waals surface area contributed by atoms with Crippen LogP contribution in [-0.2, 0) is 24.4 Å². The monoisotopic (exact) mass is 521 g/mol. The van der Waals surface area contributed by atoms with Gasteiger partial charge in [0.1, 0.15) is 0 Å². The normalized spacial score (nSPS) is 19.7. The van der Waals surface area contributed by atoms with E-state index in [1.807, 2.05) is 24.3 Å². The lowest BCUT2D eigenvalue weighted by molar-refractivity contribution is -0.126. The number of carbonyl (C=O) groups excluding carboxylic acids is 1. The zero-order valence-corrected chi connectivity index (χ0v) is 22.3. The Morgan fingerprint density at radius 2 is 1.76 bits per heavy atom. The lowest BCUT2D eigenvalue weighted by atomic mass is 9.96. The van der Waals surface area contributed by atoms with Crippen molar-refractivity contribution in [1.82, 2.24) is 25.3 Å². The molecule has 0 bridgehead atoms. The fourth-order valence-corrected chi connectivity index (χ4v) is 5.62. The summed E-state index contributed by atoms with van der Waals surface area (Å²) in [5, 5.41) is 7.83. The summed E-state index contributed by atoms with van der Waals surface area (Å²) in [6.45, 7) is 8.54. The van der Waals surface area contributed by atoms with Crippen molar-refractivity contribution in [3.8, 4) is 11.4 Å². The van der Waals surface area contributed by atoms with Crippen molar-refractivity contribution in [3.05, 3.63) is 70.6 Å². The van der Waals surface area contributed by atoms with Crippen LogP contribution in [-0.4, -0.2) is 52.0 Å². The lowest BCUT2D eigenvalue weighted by Gasteiger charge is -2.30. The molecule has 8 heteroatoms. The fraction of sp³-hybridized carbons (Fsp3) is 0.483. The van der Waals surface area contributed by atoms with Crippen molar-refractivity contribution < 1.29 is 9.32 Å². The topological polar surface area (TPSA) is 74.5 Å². The first-order chi connectivity index (χ1) is 18.0. The molecule has 1 amide bonds. The molecule has 2 fully saturated rings. The Hall–Kier alpha value is -2.74. The summed E-state index contributed by atoms with van der Waals surface area (Å²) in [7, 11) is 0. The van der Waals surface area contributed by atoms with Crippen LogP contribution in [0.25, 0.3) is 11.4 Å². The molecule has 0 saturated carbocycles. The molecule has 1 N–H and O–H groups in total. The van der Waals surface area contributed by atoms with Crippen LogP contribution >= 0.6 is 11.6 Å².